The zero-order chi connectivity index (χ0) is 20.6. The molecule has 0 aliphatic heterocycles. The number of rotatable bonds is 19. The predicted octanol–water partition coefficient (Wildman–Crippen LogP) is 5.66. The molecule has 0 spiro atoms. The van der Waals surface area contributed by atoms with E-state index < -0.39 is 5.97 Å². The van der Waals surface area contributed by atoms with E-state index in [1.807, 2.05) is 0 Å². The average Bonchev–Trinajstić information content (AvgIpc) is 2.62. The fourth-order valence-corrected chi connectivity index (χ4v) is 3.19. The van der Waals surface area contributed by atoms with Crippen LogP contribution in [0.25, 0.3) is 0 Å². The molecule has 0 fully saturated rings. The standard InChI is InChI=1S/C18H36O2.C6H15N/c1-17(2)15-13-11-9-7-5-3-4-6-8-10-12-14-16-18(19)20;1-2-3-4-5-6-7/h17H,3-16H2,1-2H3,(H,19,20);2-7H2,1H3. The molecule has 0 aliphatic carbocycles. The monoisotopic (exact) mass is 385 g/mol. The largest absolute Gasteiger partial charge is 0.550 e. The van der Waals surface area contributed by atoms with Gasteiger partial charge in [-0.15, -0.1) is 0 Å². The Morgan fingerprint density at radius 1 is 0.704 bits per heavy atom. The van der Waals surface area contributed by atoms with E-state index in [1.165, 1.54) is 96.3 Å². The first-order chi connectivity index (χ1) is 13.0. The fourth-order valence-electron chi connectivity index (χ4n) is 3.19. The molecule has 3 nitrogen and oxygen atoms in total. The van der Waals surface area contributed by atoms with Crippen LogP contribution in [0.5, 0.6) is 0 Å². The van der Waals surface area contributed by atoms with E-state index in [-0.39, 0.29) is 6.42 Å². The molecule has 0 aromatic heterocycles. The minimum atomic E-state index is -0.904. The van der Waals surface area contributed by atoms with Gasteiger partial charge in [-0.1, -0.05) is 111 Å². The fraction of sp³-hybridized carbons (Fsp3) is 0.958. The minimum absolute atomic E-state index is 0.233. The molecule has 27 heavy (non-hydrogen) atoms. The third kappa shape index (κ3) is 33.4. The molecule has 0 unspecified atom stereocenters. The Morgan fingerprint density at radius 2 is 1.11 bits per heavy atom. The van der Waals surface area contributed by atoms with Gasteiger partial charge in [0.2, 0.25) is 0 Å². The summed E-state index contributed by atoms with van der Waals surface area (Å²) < 4.78 is 0. The highest BCUT2D eigenvalue weighted by Crippen LogP contribution is 2.14. The number of unbranched alkanes of at least 4 members (excludes halogenated alkanes) is 14. The first-order valence-corrected chi connectivity index (χ1v) is 12.0. The zero-order valence-corrected chi connectivity index (χ0v) is 19.0. The van der Waals surface area contributed by atoms with Gasteiger partial charge in [-0.05, 0) is 31.6 Å². The Hall–Kier alpha value is -0.570. The third-order valence-electron chi connectivity index (χ3n) is 5.02. The van der Waals surface area contributed by atoms with Crippen molar-refractivity contribution in [3.63, 3.8) is 0 Å². The van der Waals surface area contributed by atoms with E-state index in [9.17, 15) is 9.90 Å². The normalized spacial score (nSPS) is 10.7. The number of hydrogen-bond acceptors (Lipinski definition) is 2. The second-order valence-corrected chi connectivity index (χ2v) is 8.46. The Bertz CT molecular complexity index is 276. The second-order valence-electron chi connectivity index (χ2n) is 8.46. The summed E-state index contributed by atoms with van der Waals surface area (Å²) >= 11 is 0. The quantitative estimate of drug-likeness (QED) is 0.291. The first kappa shape index (κ1) is 28.6. The lowest BCUT2D eigenvalue weighted by atomic mass is 10.0. The molecule has 0 heterocycles. The zero-order valence-electron chi connectivity index (χ0n) is 19.0. The van der Waals surface area contributed by atoms with Crippen LogP contribution in [-0.2, 0) is 4.79 Å². The average molecular weight is 386 g/mol. The highest BCUT2D eigenvalue weighted by Gasteiger charge is 1.96. The highest BCUT2D eigenvalue weighted by atomic mass is 16.4. The topological polar surface area (TPSA) is 67.8 Å². The Labute approximate surface area is 170 Å². The number of carboxylic acids is 1. The van der Waals surface area contributed by atoms with Crippen molar-refractivity contribution < 1.29 is 15.6 Å². The van der Waals surface area contributed by atoms with Gasteiger partial charge in [-0.3, -0.25) is 0 Å². The molecule has 164 valence electrons. The molecule has 3 N–H and O–H groups in total. The minimum Gasteiger partial charge on any atom is -0.550 e. The van der Waals surface area contributed by atoms with Gasteiger partial charge >= 0.3 is 0 Å². The van der Waals surface area contributed by atoms with E-state index >= 15 is 0 Å². The van der Waals surface area contributed by atoms with Crippen molar-refractivity contribution >= 4 is 5.97 Å². The van der Waals surface area contributed by atoms with E-state index in [0.717, 1.165) is 25.3 Å². The van der Waals surface area contributed by atoms with E-state index in [0.29, 0.717) is 0 Å². The van der Waals surface area contributed by atoms with Gasteiger partial charge in [0.05, 0.1) is 6.54 Å². The predicted molar refractivity (Wildman–Crippen MR) is 116 cm³/mol. The first-order valence-electron chi connectivity index (χ1n) is 12.0. The number of carboxylic acid groups (broad SMARTS) is 1. The summed E-state index contributed by atoms with van der Waals surface area (Å²) in [6.07, 6.45) is 22.4. The lowest BCUT2D eigenvalue weighted by Gasteiger charge is -2.05. The molecular formula is C24H51NO2. The van der Waals surface area contributed by atoms with E-state index in [1.54, 1.807) is 0 Å². The Balaban J connectivity index is 0. The molecule has 0 rings (SSSR count). The molecule has 0 bridgehead atoms. The summed E-state index contributed by atoms with van der Waals surface area (Å²) in [6, 6.07) is 0. The summed E-state index contributed by atoms with van der Waals surface area (Å²) in [5.74, 6) is -0.0415. The van der Waals surface area contributed by atoms with Crippen LogP contribution in [0.3, 0.4) is 0 Å². The molecule has 0 aliphatic rings. The van der Waals surface area contributed by atoms with Crippen molar-refractivity contribution in [1.82, 2.24) is 0 Å². The maximum absolute atomic E-state index is 10.2. The van der Waals surface area contributed by atoms with Crippen LogP contribution in [0.1, 0.15) is 136 Å². The highest BCUT2D eigenvalue weighted by molar-refractivity contribution is 5.63. The van der Waals surface area contributed by atoms with E-state index in [2.05, 4.69) is 26.5 Å². The van der Waals surface area contributed by atoms with Crippen molar-refractivity contribution in [1.29, 1.82) is 0 Å². The van der Waals surface area contributed by atoms with Crippen molar-refractivity contribution in [2.75, 3.05) is 6.54 Å². The van der Waals surface area contributed by atoms with Gasteiger partial charge in [0, 0.05) is 5.97 Å². The second kappa shape index (κ2) is 25.4. The van der Waals surface area contributed by atoms with Gasteiger partial charge in [0.15, 0.2) is 0 Å². The summed E-state index contributed by atoms with van der Waals surface area (Å²) in [6.45, 7) is 7.94. The molecule has 0 amide bonds. The number of hydrogen-bond donors (Lipinski definition) is 1. The van der Waals surface area contributed by atoms with Crippen molar-refractivity contribution in [3.05, 3.63) is 0 Å². The smallest absolute Gasteiger partial charge is 0.0739 e. The number of aliphatic carboxylic acids is 1. The van der Waals surface area contributed by atoms with E-state index in [4.69, 9.17) is 0 Å². The van der Waals surface area contributed by atoms with Crippen molar-refractivity contribution in [3.8, 4) is 0 Å². The number of carbonyl (C=O) groups excluding carboxylic acids is 1. The molecule has 3 heteroatoms. The third-order valence-corrected chi connectivity index (χ3v) is 5.02. The Morgan fingerprint density at radius 3 is 1.48 bits per heavy atom. The maximum atomic E-state index is 10.2. The summed E-state index contributed by atoms with van der Waals surface area (Å²) in [7, 11) is 0. The van der Waals surface area contributed by atoms with Crippen molar-refractivity contribution in [2.45, 2.75) is 136 Å². The van der Waals surface area contributed by atoms with Crippen molar-refractivity contribution in [2.24, 2.45) is 5.92 Å². The molecule has 0 aromatic carbocycles. The van der Waals surface area contributed by atoms with Gasteiger partial charge in [0.25, 0.3) is 0 Å². The number of carbonyl (C=O) groups is 1. The lowest BCUT2D eigenvalue weighted by molar-refractivity contribution is -0.368. The van der Waals surface area contributed by atoms with Gasteiger partial charge in [0.1, 0.15) is 0 Å². The summed E-state index contributed by atoms with van der Waals surface area (Å²) in [5, 5.41) is 10.2. The molecule has 0 saturated carbocycles. The van der Waals surface area contributed by atoms with Crippen LogP contribution in [0, 0.1) is 5.92 Å². The molecular weight excluding hydrogens is 334 g/mol. The van der Waals surface area contributed by atoms with Gasteiger partial charge in [-0.2, -0.15) is 0 Å². The van der Waals surface area contributed by atoms with Crippen LogP contribution >= 0.6 is 0 Å². The molecule has 0 saturated heterocycles. The van der Waals surface area contributed by atoms with Crippen LogP contribution < -0.4 is 10.8 Å². The van der Waals surface area contributed by atoms with Crippen LogP contribution in [0.4, 0.5) is 0 Å². The van der Waals surface area contributed by atoms with Gasteiger partial charge in [-0.25, -0.2) is 0 Å². The maximum Gasteiger partial charge on any atom is 0.0739 e. The van der Waals surface area contributed by atoms with Crippen LogP contribution in [0.2, 0.25) is 0 Å². The summed E-state index contributed by atoms with van der Waals surface area (Å²) in [5.41, 5.74) is 3.76. The SMILES string of the molecule is CC(C)CCCCCCCCCCCCCCC(=O)[O-].CCCCCC[NH3+]. The molecule has 0 radical (unpaired) electrons. The number of quaternary nitrogens is 1. The Kier molecular flexibility index (Phi) is 27.0. The lowest BCUT2D eigenvalue weighted by Crippen LogP contribution is -2.50. The van der Waals surface area contributed by atoms with Gasteiger partial charge < -0.3 is 15.6 Å². The molecule has 0 aromatic rings. The summed E-state index contributed by atoms with van der Waals surface area (Å²) in [4.78, 5) is 10.2. The van der Waals surface area contributed by atoms with Crippen LogP contribution in [0.15, 0.2) is 0 Å². The van der Waals surface area contributed by atoms with Crippen LogP contribution in [-0.4, -0.2) is 12.5 Å². The molecule has 0 atom stereocenters.